The molecule has 0 aliphatic carbocycles. The summed E-state index contributed by atoms with van der Waals surface area (Å²) in [6.07, 6.45) is 1.39. The molecule has 0 radical (unpaired) electrons. The SMILES string of the molecule is CCOC(=O)C(=O)c1c(-c2occ3ccccc23)c(-c2ccccc2)c2n1CC(C)(C)C2OC. The molecule has 0 bridgehead atoms. The van der Waals surface area contributed by atoms with E-state index in [4.69, 9.17) is 13.9 Å². The number of Topliss-reactive ketones (excluding diaryl/α,β-unsaturated/α-hetero) is 1. The van der Waals surface area contributed by atoms with Crippen molar-refractivity contribution in [3.8, 4) is 22.5 Å². The fourth-order valence-corrected chi connectivity index (χ4v) is 5.20. The summed E-state index contributed by atoms with van der Waals surface area (Å²) in [5.74, 6) is -1.01. The van der Waals surface area contributed by atoms with Crippen molar-refractivity contribution in [1.29, 1.82) is 0 Å². The van der Waals surface area contributed by atoms with Crippen LogP contribution in [0, 0.1) is 5.41 Å². The van der Waals surface area contributed by atoms with Gasteiger partial charge in [-0.3, -0.25) is 4.79 Å². The summed E-state index contributed by atoms with van der Waals surface area (Å²) in [7, 11) is 1.68. The lowest BCUT2D eigenvalue weighted by molar-refractivity contribution is -0.137. The first-order valence-corrected chi connectivity index (χ1v) is 11.4. The van der Waals surface area contributed by atoms with Crippen LogP contribution < -0.4 is 0 Å². The van der Waals surface area contributed by atoms with Crippen LogP contribution in [0.1, 0.15) is 43.1 Å². The van der Waals surface area contributed by atoms with Crippen LogP contribution in [0.2, 0.25) is 0 Å². The number of furan rings is 1. The summed E-state index contributed by atoms with van der Waals surface area (Å²) in [6, 6.07) is 17.7. The van der Waals surface area contributed by atoms with Crippen LogP contribution in [0.4, 0.5) is 0 Å². The van der Waals surface area contributed by atoms with Crippen molar-refractivity contribution >= 4 is 22.5 Å². The Morgan fingerprint density at radius 1 is 1.06 bits per heavy atom. The van der Waals surface area contributed by atoms with Crippen LogP contribution in [-0.2, 0) is 20.8 Å². The molecule has 1 aliphatic heterocycles. The number of carbonyl (C=O) groups excluding carboxylic acids is 2. The van der Waals surface area contributed by atoms with Crippen molar-refractivity contribution in [3.05, 3.63) is 72.2 Å². The molecule has 0 saturated heterocycles. The van der Waals surface area contributed by atoms with Gasteiger partial charge in [-0.25, -0.2) is 4.79 Å². The number of hydrogen-bond donors (Lipinski definition) is 0. The highest BCUT2D eigenvalue weighted by Gasteiger charge is 2.47. The first kappa shape index (κ1) is 22.2. The van der Waals surface area contributed by atoms with Crippen molar-refractivity contribution < 1.29 is 23.5 Å². The highest BCUT2D eigenvalue weighted by Crippen LogP contribution is 2.54. The molecule has 4 aromatic rings. The monoisotopic (exact) mass is 457 g/mol. The number of ether oxygens (including phenoxy) is 2. The molecule has 174 valence electrons. The molecule has 3 heterocycles. The Kier molecular flexibility index (Phi) is 5.41. The highest BCUT2D eigenvalue weighted by molar-refractivity contribution is 6.42. The minimum atomic E-state index is -0.877. The minimum absolute atomic E-state index is 0.120. The minimum Gasteiger partial charge on any atom is -0.463 e. The molecule has 0 saturated carbocycles. The van der Waals surface area contributed by atoms with E-state index in [1.165, 1.54) is 0 Å². The number of ketones is 1. The van der Waals surface area contributed by atoms with E-state index in [2.05, 4.69) is 13.8 Å². The van der Waals surface area contributed by atoms with E-state index >= 15 is 0 Å². The quantitative estimate of drug-likeness (QED) is 0.200. The third-order valence-corrected chi connectivity index (χ3v) is 6.54. The average Bonchev–Trinajstić information content (AvgIpc) is 3.46. The number of aromatic nitrogens is 1. The maximum atomic E-state index is 13.6. The molecule has 1 aliphatic rings. The number of benzene rings is 2. The van der Waals surface area contributed by atoms with Gasteiger partial charge in [-0.2, -0.15) is 0 Å². The molecule has 6 nitrogen and oxygen atoms in total. The Morgan fingerprint density at radius 3 is 2.47 bits per heavy atom. The van der Waals surface area contributed by atoms with Crippen LogP contribution in [-0.4, -0.2) is 30.0 Å². The van der Waals surface area contributed by atoms with Gasteiger partial charge >= 0.3 is 5.97 Å². The summed E-state index contributed by atoms with van der Waals surface area (Å²) < 4.78 is 19.2. The van der Waals surface area contributed by atoms with Crippen LogP contribution in [0.5, 0.6) is 0 Å². The number of hydrogen-bond acceptors (Lipinski definition) is 5. The Morgan fingerprint density at radius 2 is 1.76 bits per heavy atom. The van der Waals surface area contributed by atoms with Gasteiger partial charge < -0.3 is 18.5 Å². The lowest BCUT2D eigenvalue weighted by Crippen LogP contribution is -2.24. The van der Waals surface area contributed by atoms with Crippen molar-refractivity contribution in [2.75, 3.05) is 13.7 Å². The maximum Gasteiger partial charge on any atom is 0.381 e. The fraction of sp³-hybridized carbons (Fsp3) is 0.286. The molecule has 0 amide bonds. The molecule has 1 atom stereocenters. The Balaban J connectivity index is 1.91. The molecule has 0 fully saturated rings. The first-order valence-electron chi connectivity index (χ1n) is 11.4. The molecule has 2 aromatic carbocycles. The van der Waals surface area contributed by atoms with Gasteiger partial charge in [-0.05, 0) is 12.5 Å². The topological polar surface area (TPSA) is 70.7 Å². The number of nitrogens with zero attached hydrogens (tertiary/aromatic N) is 1. The second-order valence-electron chi connectivity index (χ2n) is 9.24. The van der Waals surface area contributed by atoms with Gasteiger partial charge in [0.15, 0.2) is 0 Å². The van der Waals surface area contributed by atoms with Crippen LogP contribution in [0.3, 0.4) is 0 Å². The predicted molar refractivity (Wildman–Crippen MR) is 130 cm³/mol. The average molecular weight is 458 g/mol. The number of methoxy groups -OCH3 is 1. The molecule has 1 unspecified atom stereocenters. The zero-order valence-corrected chi connectivity index (χ0v) is 19.8. The van der Waals surface area contributed by atoms with Crippen molar-refractivity contribution in [2.45, 2.75) is 33.4 Å². The first-order chi connectivity index (χ1) is 16.4. The third kappa shape index (κ3) is 3.29. The number of carbonyl (C=O) groups is 2. The zero-order valence-electron chi connectivity index (χ0n) is 19.8. The van der Waals surface area contributed by atoms with Crippen molar-refractivity contribution in [2.24, 2.45) is 5.41 Å². The summed E-state index contributed by atoms with van der Waals surface area (Å²) in [6.45, 7) is 6.52. The molecule has 6 heteroatoms. The molecule has 5 rings (SSSR count). The van der Waals surface area contributed by atoms with Gasteiger partial charge in [0.25, 0.3) is 5.78 Å². The lowest BCUT2D eigenvalue weighted by atomic mass is 9.84. The molecule has 2 aromatic heterocycles. The second kappa shape index (κ2) is 8.29. The number of fused-ring (bicyclic) bond motifs is 2. The van der Waals surface area contributed by atoms with E-state index in [0.29, 0.717) is 17.9 Å². The van der Waals surface area contributed by atoms with Crippen LogP contribution >= 0.6 is 0 Å². The van der Waals surface area contributed by atoms with Gasteiger partial charge in [0.05, 0.1) is 24.1 Å². The molecular weight excluding hydrogens is 430 g/mol. The van der Waals surface area contributed by atoms with Gasteiger partial charge in [-0.15, -0.1) is 0 Å². The van der Waals surface area contributed by atoms with E-state index in [0.717, 1.165) is 27.6 Å². The van der Waals surface area contributed by atoms with Crippen LogP contribution in [0.15, 0.2) is 65.3 Å². The van der Waals surface area contributed by atoms with E-state index in [1.807, 2.05) is 59.2 Å². The van der Waals surface area contributed by atoms with E-state index in [1.54, 1.807) is 20.3 Å². The number of esters is 1. The van der Waals surface area contributed by atoms with Gasteiger partial charge in [0.1, 0.15) is 17.6 Å². The third-order valence-electron chi connectivity index (χ3n) is 6.54. The van der Waals surface area contributed by atoms with Gasteiger partial charge in [-0.1, -0.05) is 68.4 Å². The van der Waals surface area contributed by atoms with E-state index in [9.17, 15) is 9.59 Å². The van der Waals surface area contributed by atoms with Crippen molar-refractivity contribution in [1.82, 2.24) is 4.57 Å². The predicted octanol–water partition coefficient (Wildman–Crippen LogP) is 6.04. The van der Waals surface area contributed by atoms with E-state index in [-0.39, 0.29) is 23.8 Å². The zero-order chi connectivity index (χ0) is 24.0. The Bertz CT molecular complexity index is 1390. The standard InChI is InChI=1S/C28H27NO5/c1-5-33-27(31)24(30)22-21(25-19-14-10-9-13-18(19)15-34-25)20(17-11-7-6-8-12-17)23-26(32-4)28(2,3)16-29(22)23/h6-15,26H,5,16H2,1-4H3. The van der Waals surface area contributed by atoms with Gasteiger partial charge in [0.2, 0.25) is 0 Å². The summed E-state index contributed by atoms with van der Waals surface area (Å²) in [4.78, 5) is 26.4. The molecule has 34 heavy (non-hydrogen) atoms. The summed E-state index contributed by atoms with van der Waals surface area (Å²) in [5, 5.41) is 1.79. The summed E-state index contributed by atoms with van der Waals surface area (Å²) in [5.41, 5.74) is 3.20. The largest absolute Gasteiger partial charge is 0.463 e. The summed E-state index contributed by atoms with van der Waals surface area (Å²) >= 11 is 0. The highest BCUT2D eigenvalue weighted by atomic mass is 16.5. The van der Waals surface area contributed by atoms with Crippen molar-refractivity contribution in [3.63, 3.8) is 0 Å². The van der Waals surface area contributed by atoms with E-state index < -0.39 is 11.8 Å². The fourth-order valence-electron chi connectivity index (χ4n) is 5.20. The smallest absolute Gasteiger partial charge is 0.381 e. The lowest BCUT2D eigenvalue weighted by Gasteiger charge is -2.26. The normalized spacial score (nSPS) is 16.5. The van der Waals surface area contributed by atoms with Gasteiger partial charge in [0, 0.05) is 35.4 Å². The second-order valence-corrected chi connectivity index (χ2v) is 9.24. The molecular formula is C28H27NO5. The molecule has 0 spiro atoms. The Labute approximate surface area is 198 Å². The molecule has 0 N–H and O–H groups in total. The number of rotatable bonds is 6. The Hall–Kier alpha value is -3.64. The maximum absolute atomic E-state index is 13.6. The van der Waals surface area contributed by atoms with Crippen LogP contribution in [0.25, 0.3) is 33.2 Å².